The third kappa shape index (κ3) is 5.52. The molecule has 1 aliphatic rings. The van der Waals surface area contributed by atoms with Crippen LogP contribution in [0.2, 0.25) is 0 Å². The van der Waals surface area contributed by atoms with Crippen LogP contribution < -0.4 is 0 Å². The number of amides is 1. The van der Waals surface area contributed by atoms with Crippen LogP contribution in [-0.2, 0) is 32.8 Å². The van der Waals surface area contributed by atoms with E-state index < -0.39 is 37.5 Å². The Morgan fingerprint density at radius 2 is 1.68 bits per heavy atom. The highest BCUT2D eigenvalue weighted by molar-refractivity contribution is 7.89. The summed E-state index contributed by atoms with van der Waals surface area (Å²) in [6.07, 6.45) is -3.08. The van der Waals surface area contributed by atoms with Crippen molar-refractivity contribution in [3.63, 3.8) is 0 Å². The summed E-state index contributed by atoms with van der Waals surface area (Å²) in [5.41, 5.74) is 0.143. The lowest BCUT2D eigenvalue weighted by atomic mass is 10.1. The Kier molecular flexibility index (Phi) is 6.87. The zero-order valence-electron chi connectivity index (χ0n) is 16.6. The average molecular weight is 475 g/mol. The first-order chi connectivity index (χ1) is 14.5. The molecular weight excluding hydrogens is 453 g/mol. The molecule has 0 N–H and O–H groups in total. The third-order valence-electron chi connectivity index (χ3n) is 4.87. The van der Waals surface area contributed by atoms with Gasteiger partial charge in [0, 0.05) is 54.6 Å². The maximum atomic E-state index is 12.9. The second kappa shape index (κ2) is 9.09. The summed E-state index contributed by atoms with van der Waals surface area (Å²) < 4.78 is 76.9. The van der Waals surface area contributed by atoms with E-state index in [9.17, 15) is 30.6 Å². The van der Waals surface area contributed by atoms with Crippen LogP contribution >= 0.6 is 0 Å². The van der Waals surface area contributed by atoms with Gasteiger partial charge in [-0.15, -0.1) is 0 Å². The van der Waals surface area contributed by atoms with E-state index in [1.54, 1.807) is 30.5 Å². The molecule has 1 fully saturated rings. The standard InChI is InChI=1S/C20H21F3N2O4S2/c1-30(27)14-15-4-2-5-16(12-15)19(26)24-8-10-25(11-9-24)31(28,29)18-7-3-6-17(13-18)20(21,22)23/h2-7,12-13H,8-11,14H2,1H3. The molecule has 0 saturated carbocycles. The van der Waals surface area contributed by atoms with E-state index in [0.717, 1.165) is 28.1 Å². The first kappa shape index (κ1) is 23.4. The SMILES string of the molecule is CS(=O)Cc1cccc(C(=O)N2CCN(S(=O)(=O)c3cccc(C(F)(F)F)c3)CC2)c1. The van der Waals surface area contributed by atoms with Gasteiger partial charge in [0.25, 0.3) is 5.91 Å². The predicted molar refractivity (Wildman–Crippen MR) is 110 cm³/mol. The number of nitrogens with zero attached hydrogens (tertiary/aromatic N) is 2. The van der Waals surface area contributed by atoms with Gasteiger partial charge in [-0.3, -0.25) is 9.00 Å². The number of halogens is 3. The highest BCUT2D eigenvalue weighted by Gasteiger charge is 2.34. The maximum absolute atomic E-state index is 12.9. The van der Waals surface area contributed by atoms with Crippen molar-refractivity contribution < 1.29 is 30.6 Å². The summed E-state index contributed by atoms with van der Waals surface area (Å²) >= 11 is 0. The first-order valence-corrected chi connectivity index (χ1v) is 12.5. The predicted octanol–water partition coefficient (Wildman–Crippen LogP) is 2.73. The van der Waals surface area contributed by atoms with Crippen molar-refractivity contribution in [2.75, 3.05) is 32.4 Å². The lowest BCUT2D eigenvalue weighted by molar-refractivity contribution is -0.137. The van der Waals surface area contributed by atoms with Gasteiger partial charge in [-0.1, -0.05) is 18.2 Å². The van der Waals surface area contributed by atoms with Gasteiger partial charge in [-0.25, -0.2) is 8.42 Å². The molecule has 1 unspecified atom stereocenters. The van der Waals surface area contributed by atoms with Crippen molar-refractivity contribution in [3.8, 4) is 0 Å². The summed E-state index contributed by atoms with van der Waals surface area (Å²) in [5.74, 6) is 0.0456. The molecule has 0 aromatic heterocycles. The van der Waals surface area contributed by atoms with Crippen molar-refractivity contribution in [1.29, 1.82) is 0 Å². The van der Waals surface area contributed by atoms with E-state index in [1.807, 2.05) is 0 Å². The molecule has 0 aliphatic carbocycles. The number of hydrogen-bond acceptors (Lipinski definition) is 4. The van der Waals surface area contributed by atoms with Crippen molar-refractivity contribution in [1.82, 2.24) is 9.21 Å². The van der Waals surface area contributed by atoms with Crippen LogP contribution in [0.3, 0.4) is 0 Å². The van der Waals surface area contributed by atoms with E-state index in [2.05, 4.69) is 0 Å². The molecule has 1 atom stereocenters. The topological polar surface area (TPSA) is 74.8 Å². The Bertz CT molecular complexity index is 1100. The van der Waals surface area contributed by atoms with Crippen molar-refractivity contribution in [3.05, 3.63) is 65.2 Å². The van der Waals surface area contributed by atoms with Crippen LogP contribution in [0.1, 0.15) is 21.5 Å². The van der Waals surface area contributed by atoms with Gasteiger partial charge in [-0.05, 0) is 35.9 Å². The Balaban J connectivity index is 1.70. The van der Waals surface area contributed by atoms with Crippen molar-refractivity contribution >= 4 is 26.7 Å². The van der Waals surface area contributed by atoms with E-state index in [0.29, 0.717) is 17.4 Å². The Morgan fingerprint density at radius 3 is 2.29 bits per heavy atom. The van der Waals surface area contributed by atoms with E-state index >= 15 is 0 Å². The molecule has 1 saturated heterocycles. The van der Waals surface area contributed by atoms with Crippen molar-refractivity contribution in [2.45, 2.75) is 16.8 Å². The molecule has 6 nitrogen and oxygen atoms in total. The largest absolute Gasteiger partial charge is 0.416 e. The minimum absolute atomic E-state index is 0.0248. The Labute approximate surface area is 181 Å². The molecule has 31 heavy (non-hydrogen) atoms. The summed E-state index contributed by atoms with van der Waals surface area (Å²) in [5, 5.41) is 0. The molecule has 0 radical (unpaired) electrons. The highest BCUT2D eigenvalue weighted by Crippen LogP contribution is 2.31. The smallest absolute Gasteiger partial charge is 0.336 e. The molecular formula is C20H21F3N2O4S2. The Morgan fingerprint density at radius 1 is 1.03 bits per heavy atom. The molecule has 2 aromatic carbocycles. The molecule has 1 amide bonds. The zero-order valence-corrected chi connectivity index (χ0v) is 18.3. The third-order valence-corrected chi connectivity index (χ3v) is 7.50. The highest BCUT2D eigenvalue weighted by atomic mass is 32.2. The molecule has 1 aliphatic heterocycles. The number of sulfonamides is 1. The minimum Gasteiger partial charge on any atom is -0.336 e. The van der Waals surface area contributed by atoms with Gasteiger partial charge in [0.05, 0.1) is 10.5 Å². The summed E-state index contributed by atoms with van der Waals surface area (Å²) in [4.78, 5) is 13.8. The fourth-order valence-corrected chi connectivity index (χ4v) is 5.44. The minimum atomic E-state index is -4.64. The number of carbonyl (C=O) groups excluding carboxylic acids is 1. The number of hydrogen-bond donors (Lipinski definition) is 0. The van der Waals surface area contributed by atoms with Crippen LogP contribution in [-0.4, -0.2) is 60.2 Å². The van der Waals surface area contributed by atoms with E-state index in [1.165, 1.54) is 4.90 Å². The fraction of sp³-hybridized carbons (Fsp3) is 0.350. The second-order valence-corrected chi connectivity index (χ2v) is 10.5. The normalized spacial score (nSPS) is 16.8. The molecule has 0 spiro atoms. The first-order valence-electron chi connectivity index (χ1n) is 9.34. The number of benzene rings is 2. The molecule has 1 heterocycles. The van der Waals surface area contributed by atoms with Gasteiger partial charge in [0.15, 0.2) is 0 Å². The average Bonchev–Trinajstić information content (AvgIpc) is 2.72. The number of rotatable bonds is 5. The van der Waals surface area contributed by atoms with E-state index in [4.69, 9.17) is 0 Å². The Hall–Kier alpha value is -2.24. The van der Waals surface area contributed by atoms with Crippen LogP contribution in [0, 0.1) is 0 Å². The summed E-state index contributed by atoms with van der Waals surface area (Å²) in [7, 11) is -5.17. The second-order valence-electron chi connectivity index (χ2n) is 7.14. The van der Waals surface area contributed by atoms with Crippen molar-refractivity contribution in [2.24, 2.45) is 0 Å². The maximum Gasteiger partial charge on any atom is 0.416 e. The number of carbonyl (C=O) groups is 1. The summed E-state index contributed by atoms with van der Waals surface area (Å²) in [6.45, 7) is 0.174. The molecule has 168 valence electrons. The van der Waals surface area contributed by atoms with Gasteiger partial charge >= 0.3 is 6.18 Å². The number of alkyl halides is 3. The van der Waals surface area contributed by atoms with Gasteiger partial charge in [-0.2, -0.15) is 17.5 Å². The lowest BCUT2D eigenvalue weighted by Gasteiger charge is -2.34. The quantitative estimate of drug-likeness (QED) is 0.668. The van der Waals surface area contributed by atoms with Gasteiger partial charge in [0.2, 0.25) is 10.0 Å². The zero-order chi connectivity index (χ0) is 22.8. The van der Waals surface area contributed by atoms with Crippen LogP contribution in [0.4, 0.5) is 13.2 Å². The number of piperazine rings is 1. The summed E-state index contributed by atoms with van der Waals surface area (Å²) in [6, 6.07) is 10.4. The van der Waals surface area contributed by atoms with Gasteiger partial charge in [0.1, 0.15) is 0 Å². The molecule has 0 bridgehead atoms. The van der Waals surface area contributed by atoms with Gasteiger partial charge < -0.3 is 4.90 Å². The molecule has 11 heteroatoms. The van der Waals surface area contributed by atoms with Crippen LogP contribution in [0.25, 0.3) is 0 Å². The van der Waals surface area contributed by atoms with E-state index in [-0.39, 0.29) is 32.1 Å². The van der Waals surface area contributed by atoms with Crippen LogP contribution in [0.5, 0.6) is 0 Å². The molecule has 3 rings (SSSR count). The molecule has 2 aromatic rings. The fourth-order valence-electron chi connectivity index (χ4n) is 3.32. The van der Waals surface area contributed by atoms with Crippen LogP contribution in [0.15, 0.2) is 53.4 Å². The monoisotopic (exact) mass is 474 g/mol. The lowest BCUT2D eigenvalue weighted by Crippen LogP contribution is -2.50.